The fourth-order valence-corrected chi connectivity index (χ4v) is 4.01. The molecule has 0 saturated carbocycles. The Bertz CT molecular complexity index is 1150. The fraction of sp³-hybridized carbons (Fsp3) is 0.174. The smallest absolute Gasteiger partial charge is 0.329 e. The lowest BCUT2D eigenvalue weighted by Gasteiger charge is -2.19. The van der Waals surface area contributed by atoms with E-state index in [1.165, 1.54) is 24.3 Å². The summed E-state index contributed by atoms with van der Waals surface area (Å²) in [6.07, 6.45) is 0. The maximum atomic E-state index is 12.4. The molecule has 1 unspecified atom stereocenters. The van der Waals surface area contributed by atoms with Crippen LogP contribution in [0.3, 0.4) is 0 Å². The van der Waals surface area contributed by atoms with Crippen LogP contribution in [0.15, 0.2) is 77.7 Å². The van der Waals surface area contributed by atoms with Crippen LogP contribution in [0.5, 0.6) is 5.75 Å². The normalized spacial score (nSPS) is 12.1. The number of sulfonamides is 1. The van der Waals surface area contributed by atoms with Gasteiger partial charge in [0.05, 0.1) is 10.9 Å². The fourth-order valence-electron chi connectivity index (χ4n) is 2.97. The Morgan fingerprint density at radius 2 is 1.71 bits per heavy atom. The maximum Gasteiger partial charge on any atom is 0.329 e. The molecule has 3 aromatic rings. The lowest BCUT2D eigenvalue weighted by molar-refractivity contribution is 0.242. The van der Waals surface area contributed by atoms with E-state index >= 15 is 0 Å². The first-order valence-corrected chi connectivity index (χ1v) is 11.5. The molecule has 6 nitrogen and oxygen atoms in total. The molecular weight excluding hydrogens is 436 g/mol. The quantitative estimate of drug-likeness (QED) is 0.523. The number of ether oxygens (including phenoxy) is 1. The molecule has 3 aromatic carbocycles. The van der Waals surface area contributed by atoms with Gasteiger partial charge in [0.1, 0.15) is 12.4 Å². The van der Waals surface area contributed by atoms with Gasteiger partial charge in [-0.3, -0.25) is 0 Å². The highest BCUT2D eigenvalue weighted by Crippen LogP contribution is 2.27. The zero-order valence-electron chi connectivity index (χ0n) is 17.1. The summed E-state index contributed by atoms with van der Waals surface area (Å²) < 4.78 is 32.8. The van der Waals surface area contributed by atoms with E-state index in [2.05, 4.69) is 5.32 Å². The first kappa shape index (κ1) is 22.7. The number of halogens is 1. The summed E-state index contributed by atoms with van der Waals surface area (Å²) in [6.45, 7) is 4.07. The van der Waals surface area contributed by atoms with E-state index in [1.54, 1.807) is 6.92 Å². The zero-order valence-corrected chi connectivity index (χ0v) is 18.7. The molecule has 0 spiro atoms. The highest BCUT2D eigenvalue weighted by Gasteiger charge is 2.20. The number of aryl methyl sites for hydroxylation is 1. The highest BCUT2D eigenvalue weighted by atomic mass is 35.5. The second-order valence-electron chi connectivity index (χ2n) is 7.07. The van der Waals surface area contributed by atoms with Gasteiger partial charge in [-0.2, -0.15) is 0 Å². The molecule has 0 heterocycles. The Labute approximate surface area is 187 Å². The third-order valence-electron chi connectivity index (χ3n) is 4.57. The predicted octanol–water partition coefficient (Wildman–Crippen LogP) is 4.98. The van der Waals surface area contributed by atoms with Gasteiger partial charge in [-0.1, -0.05) is 59.6 Å². The Balaban J connectivity index is 1.70. The highest BCUT2D eigenvalue weighted by molar-refractivity contribution is 7.90. The molecular formula is C23H23ClN2O4S. The zero-order chi connectivity index (χ0) is 22.4. The van der Waals surface area contributed by atoms with E-state index in [0.29, 0.717) is 17.4 Å². The minimum Gasteiger partial charge on any atom is -0.489 e. The van der Waals surface area contributed by atoms with Crippen molar-refractivity contribution in [2.45, 2.75) is 31.4 Å². The number of nitrogens with one attached hydrogen (secondary N) is 2. The SMILES string of the molecule is Cc1ccc(OCc2ccccc2)c(C(C)NC(=O)NS(=O)(=O)c2ccc(Cl)cc2)c1. The van der Waals surface area contributed by atoms with Crippen molar-refractivity contribution in [2.75, 3.05) is 0 Å². The average molecular weight is 459 g/mol. The minimum atomic E-state index is -4.02. The van der Waals surface area contributed by atoms with Gasteiger partial charge in [0.2, 0.25) is 0 Å². The van der Waals surface area contributed by atoms with E-state index in [0.717, 1.165) is 16.7 Å². The van der Waals surface area contributed by atoms with Crippen molar-refractivity contribution >= 4 is 27.7 Å². The number of carbonyl (C=O) groups is 1. The Morgan fingerprint density at radius 3 is 2.39 bits per heavy atom. The van der Waals surface area contributed by atoms with Gasteiger partial charge in [-0.15, -0.1) is 0 Å². The van der Waals surface area contributed by atoms with Crippen LogP contribution >= 0.6 is 11.6 Å². The molecule has 1 atom stereocenters. The van der Waals surface area contributed by atoms with Gasteiger partial charge in [-0.25, -0.2) is 17.9 Å². The van der Waals surface area contributed by atoms with Crippen LogP contribution in [0.4, 0.5) is 4.79 Å². The first-order valence-electron chi connectivity index (χ1n) is 9.61. The van der Waals surface area contributed by atoms with Crippen molar-refractivity contribution in [3.05, 3.63) is 94.5 Å². The molecule has 0 aromatic heterocycles. The van der Waals surface area contributed by atoms with Crippen molar-refractivity contribution in [3.8, 4) is 5.75 Å². The standard InChI is InChI=1S/C23H23ClN2O4S/c1-16-8-13-22(30-15-18-6-4-3-5-7-18)21(14-16)17(2)25-23(27)26-31(28,29)20-11-9-19(24)10-12-20/h3-14,17H,15H2,1-2H3,(H2,25,26,27). The Kier molecular flexibility index (Phi) is 7.20. The van der Waals surface area contributed by atoms with Gasteiger partial charge in [0.25, 0.3) is 10.0 Å². The number of amides is 2. The lowest BCUT2D eigenvalue weighted by Crippen LogP contribution is -2.40. The van der Waals surface area contributed by atoms with Crippen LogP contribution in [-0.2, 0) is 16.6 Å². The van der Waals surface area contributed by atoms with Crippen LogP contribution in [-0.4, -0.2) is 14.4 Å². The van der Waals surface area contributed by atoms with Crippen molar-refractivity contribution in [3.63, 3.8) is 0 Å². The van der Waals surface area contributed by atoms with Crippen LogP contribution < -0.4 is 14.8 Å². The molecule has 0 aliphatic heterocycles. The minimum absolute atomic E-state index is 0.0536. The Morgan fingerprint density at radius 1 is 1.03 bits per heavy atom. The van der Waals surface area contributed by atoms with Crippen molar-refractivity contribution in [2.24, 2.45) is 0 Å². The molecule has 31 heavy (non-hydrogen) atoms. The molecule has 0 aliphatic rings. The lowest BCUT2D eigenvalue weighted by atomic mass is 10.0. The molecule has 0 saturated heterocycles. The van der Waals surface area contributed by atoms with Gasteiger partial charge < -0.3 is 10.1 Å². The molecule has 0 radical (unpaired) electrons. The van der Waals surface area contributed by atoms with Crippen LogP contribution in [0, 0.1) is 6.92 Å². The number of urea groups is 1. The van der Waals surface area contributed by atoms with Crippen LogP contribution in [0.2, 0.25) is 5.02 Å². The monoisotopic (exact) mass is 458 g/mol. The first-order chi connectivity index (χ1) is 14.7. The van der Waals surface area contributed by atoms with Crippen molar-refractivity contribution < 1.29 is 17.9 Å². The second kappa shape index (κ2) is 9.85. The summed E-state index contributed by atoms with van der Waals surface area (Å²) in [5.74, 6) is 0.614. The van der Waals surface area contributed by atoms with E-state index in [1.807, 2.05) is 60.2 Å². The summed E-state index contributed by atoms with van der Waals surface area (Å²) in [5, 5.41) is 3.07. The second-order valence-corrected chi connectivity index (χ2v) is 9.19. The number of benzene rings is 3. The number of rotatable bonds is 7. The number of carbonyl (C=O) groups excluding carboxylic acids is 1. The molecule has 2 amide bonds. The van der Waals surface area contributed by atoms with Gasteiger partial charge in [-0.05, 0) is 49.7 Å². The van der Waals surface area contributed by atoms with Crippen molar-refractivity contribution in [1.29, 1.82) is 0 Å². The van der Waals surface area contributed by atoms with E-state index in [9.17, 15) is 13.2 Å². The summed E-state index contributed by atoms with van der Waals surface area (Å²) >= 11 is 5.79. The predicted molar refractivity (Wildman–Crippen MR) is 121 cm³/mol. The molecule has 2 N–H and O–H groups in total. The molecule has 162 valence electrons. The van der Waals surface area contributed by atoms with Gasteiger partial charge >= 0.3 is 6.03 Å². The van der Waals surface area contributed by atoms with Crippen LogP contribution in [0.25, 0.3) is 0 Å². The van der Waals surface area contributed by atoms with Crippen LogP contribution in [0.1, 0.15) is 29.7 Å². The summed E-state index contributed by atoms with van der Waals surface area (Å²) in [4.78, 5) is 12.3. The van der Waals surface area contributed by atoms with Gasteiger partial charge in [0.15, 0.2) is 0 Å². The molecule has 3 rings (SSSR count). The number of hydrogen-bond acceptors (Lipinski definition) is 4. The molecule has 8 heteroatoms. The van der Waals surface area contributed by atoms with E-state index < -0.39 is 22.1 Å². The third kappa shape index (κ3) is 6.23. The van der Waals surface area contributed by atoms with Crippen molar-refractivity contribution in [1.82, 2.24) is 10.0 Å². The maximum absolute atomic E-state index is 12.4. The summed E-state index contributed by atoms with van der Waals surface area (Å²) in [5.41, 5.74) is 2.75. The molecule has 0 fully saturated rings. The average Bonchev–Trinajstić information content (AvgIpc) is 2.73. The summed E-state index contributed by atoms with van der Waals surface area (Å²) in [7, 11) is -4.02. The Hall–Kier alpha value is -3.03. The molecule has 0 bridgehead atoms. The third-order valence-corrected chi connectivity index (χ3v) is 6.17. The number of hydrogen-bond donors (Lipinski definition) is 2. The molecule has 0 aliphatic carbocycles. The van der Waals surface area contributed by atoms with E-state index in [4.69, 9.17) is 16.3 Å². The van der Waals surface area contributed by atoms with Gasteiger partial charge in [0, 0.05) is 10.6 Å². The largest absolute Gasteiger partial charge is 0.489 e. The summed E-state index contributed by atoms with van der Waals surface area (Å²) in [6, 6.07) is 19.6. The topological polar surface area (TPSA) is 84.5 Å². The van der Waals surface area contributed by atoms with E-state index in [-0.39, 0.29) is 4.90 Å².